The van der Waals surface area contributed by atoms with Crippen LogP contribution in [0.3, 0.4) is 0 Å². The van der Waals surface area contributed by atoms with Gasteiger partial charge in [-0.05, 0) is 61.4 Å². The lowest BCUT2D eigenvalue weighted by atomic mass is 9.99. The fourth-order valence-corrected chi connectivity index (χ4v) is 4.91. The molecule has 0 aliphatic carbocycles. The molecule has 204 valence electrons. The van der Waals surface area contributed by atoms with Crippen LogP contribution in [0.4, 0.5) is 5.69 Å². The first-order valence-corrected chi connectivity index (χ1v) is 13.3. The number of aryl methyl sites for hydroxylation is 2. The van der Waals surface area contributed by atoms with Gasteiger partial charge in [0.15, 0.2) is 0 Å². The van der Waals surface area contributed by atoms with Gasteiger partial charge < -0.3 is 9.72 Å². The highest BCUT2D eigenvalue weighted by molar-refractivity contribution is 9.10. The number of nitrogens with one attached hydrogen (secondary N) is 2. The van der Waals surface area contributed by atoms with Crippen LogP contribution < -0.4 is 10.2 Å². The Bertz CT molecular complexity index is 1830. The molecule has 0 saturated heterocycles. The highest BCUT2D eigenvalue weighted by Crippen LogP contribution is 2.34. The van der Waals surface area contributed by atoms with E-state index in [-0.39, 0.29) is 17.0 Å². The number of esters is 1. The molecule has 0 atom stereocenters. The van der Waals surface area contributed by atoms with Gasteiger partial charge in [-0.1, -0.05) is 57.9 Å². The summed E-state index contributed by atoms with van der Waals surface area (Å²) in [6.45, 7) is 4.01. The third-order valence-electron chi connectivity index (χ3n) is 6.40. The summed E-state index contributed by atoms with van der Waals surface area (Å²) < 4.78 is 6.23. The summed E-state index contributed by atoms with van der Waals surface area (Å²) in [5, 5.41) is 16.0. The van der Waals surface area contributed by atoms with Crippen molar-refractivity contribution in [2.75, 3.05) is 0 Å². The smallest absolute Gasteiger partial charge is 0.343 e. The number of aromatic nitrogens is 1. The van der Waals surface area contributed by atoms with Gasteiger partial charge in [-0.3, -0.25) is 14.9 Å². The number of ether oxygens (including phenoxy) is 1. The molecule has 2 N–H and O–H groups in total. The second kappa shape index (κ2) is 11.6. The lowest BCUT2D eigenvalue weighted by Crippen LogP contribution is -2.19. The number of hydrogen-bond donors (Lipinski definition) is 2. The Morgan fingerprint density at radius 1 is 1.00 bits per heavy atom. The van der Waals surface area contributed by atoms with Crippen LogP contribution >= 0.6 is 15.9 Å². The first kappa shape index (κ1) is 27.5. The van der Waals surface area contributed by atoms with Crippen LogP contribution in [0.1, 0.15) is 37.5 Å². The standard InChI is InChI=1S/C31H23BrN4O5/c1-18-14-19(2)28-25(15-18)27(20-6-4-3-5-7-20)29(34-28)30(37)35-33-17-22-16-23(32)10-13-26(22)41-31(38)21-8-11-24(12-9-21)36(39)40/h3-17,34H,1-2H3,(H,35,37). The molecule has 1 aromatic heterocycles. The number of halogens is 1. The van der Waals surface area contributed by atoms with Crippen molar-refractivity contribution in [3.05, 3.63) is 127 Å². The molecule has 4 aromatic carbocycles. The van der Waals surface area contributed by atoms with E-state index in [1.54, 1.807) is 18.2 Å². The van der Waals surface area contributed by atoms with E-state index in [9.17, 15) is 19.7 Å². The maximum Gasteiger partial charge on any atom is 0.343 e. The number of hydrazone groups is 1. The van der Waals surface area contributed by atoms with Gasteiger partial charge in [0.05, 0.1) is 16.7 Å². The van der Waals surface area contributed by atoms with Crippen molar-refractivity contribution in [1.82, 2.24) is 10.4 Å². The number of fused-ring (bicyclic) bond motifs is 1. The number of nitrogens with zero attached hydrogens (tertiary/aromatic N) is 2. The van der Waals surface area contributed by atoms with Crippen LogP contribution in [0.15, 0.2) is 94.5 Å². The van der Waals surface area contributed by atoms with Crippen LogP contribution in [0, 0.1) is 24.0 Å². The first-order valence-electron chi connectivity index (χ1n) is 12.5. The molecule has 0 aliphatic rings. The second-order valence-corrected chi connectivity index (χ2v) is 10.2. The minimum absolute atomic E-state index is 0.135. The minimum Gasteiger partial charge on any atom is -0.422 e. The van der Waals surface area contributed by atoms with Crippen molar-refractivity contribution in [2.24, 2.45) is 5.10 Å². The third-order valence-corrected chi connectivity index (χ3v) is 6.89. The van der Waals surface area contributed by atoms with E-state index in [1.165, 1.54) is 30.5 Å². The van der Waals surface area contributed by atoms with Crippen molar-refractivity contribution < 1.29 is 19.2 Å². The van der Waals surface area contributed by atoms with Crippen molar-refractivity contribution in [3.63, 3.8) is 0 Å². The zero-order valence-corrected chi connectivity index (χ0v) is 23.6. The topological polar surface area (TPSA) is 127 Å². The van der Waals surface area contributed by atoms with Crippen molar-refractivity contribution in [1.29, 1.82) is 0 Å². The van der Waals surface area contributed by atoms with Crippen LogP contribution in [0.2, 0.25) is 0 Å². The van der Waals surface area contributed by atoms with Crippen LogP contribution in [0.25, 0.3) is 22.0 Å². The van der Waals surface area contributed by atoms with E-state index < -0.39 is 16.8 Å². The molecule has 5 rings (SSSR count). The number of nitro benzene ring substituents is 1. The fraction of sp³-hybridized carbons (Fsp3) is 0.0645. The highest BCUT2D eigenvalue weighted by atomic mass is 79.9. The molecule has 10 heteroatoms. The molecule has 0 radical (unpaired) electrons. The average molecular weight is 611 g/mol. The maximum absolute atomic E-state index is 13.4. The molecular weight excluding hydrogens is 588 g/mol. The van der Waals surface area contributed by atoms with Crippen LogP contribution in [0.5, 0.6) is 5.75 Å². The average Bonchev–Trinajstić information content (AvgIpc) is 3.34. The van der Waals surface area contributed by atoms with E-state index in [0.29, 0.717) is 15.7 Å². The Balaban J connectivity index is 1.41. The molecule has 41 heavy (non-hydrogen) atoms. The normalized spacial score (nSPS) is 11.1. The summed E-state index contributed by atoms with van der Waals surface area (Å²) >= 11 is 3.40. The van der Waals surface area contributed by atoms with E-state index in [2.05, 4.69) is 37.5 Å². The summed E-state index contributed by atoms with van der Waals surface area (Å²) in [5.41, 5.74) is 8.03. The molecule has 0 unspecified atom stereocenters. The van der Waals surface area contributed by atoms with Gasteiger partial charge in [0.25, 0.3) is 11.6 Å². The molecule has 0 saturated carbocycles. The van der Waals surface area contributed by atoms with Crippen LogP contribution in [-0.4, -0.2) is 28.0 Å². The monoisotopic (exact) mass is 610 g/mol. The van der Waals surface area contributed by atoms with Gasteiger partial charge in [0.2, 0.25) is 0 Å². The SMILES string of the molecule is Cc1cc(C)c2[nH]c(C(=O)NN=Cc3cc(Br)ccc3OC(=O)c3ccc([N+](=O)[O-])cc3)c(-c3ccccc3)c2c1. The number of hydrogen-bond acceptors (Lipinski definition) is 6. The van der Waals surface area contributed by atoms with Gasteiger partial charge in [0, 0.05) is 38.6 Å². The van der Waals surface area contributed by atoms with Gasteiger partial charge in [-0.15, -0.1) is 0 Å². The van der Waals surface area contributed by atoms with Crippen molar-refractivity contribution >= 4 is 50.6 Å². The Labute approximate surface area is 243 Å². The minimum atomic E-state index is -0.697. The summed E-state index contributed by atoms with van der Waals surface area (Å²) in [6, 6.07) is 23.8. The number of carbonyl (C=O) groups is 2. The Morgan fingerprint density at radius 2 is 1.73 bits per heavy atom. The number of benzene rings is 4. The van der Waals surface area contributed by atoms with E-state index >= 15 is 0 Å². The van der Waals surface area contributed by atoms with Gasteiger partial charge in [-0.25, -0.2) is 10.2 Å². The van der Waals surface area contributed by atoms with E-state index in [1.807, 2.05) is 50.2 Å². The molecule has 0 fully saturated rings. The predicted molar refractivity (Wildman–Crippen MR) is 160 cm³/mol. The summed E-state index contributed by atoms with van der Waals surface area (Å²) in [6.07, 6.45) is 1.38. The third kappa shape index (κ3) is 5.92. The Hall–Kier alpha value is -5.09. The summed E-state index contributed by atoms with van der Waals surface area (Å²) in [4.78, 5) is 39.7. The molecule has 1 amide bonds. The molecule has 1 heterocycles. The van der Waals surface area contributed by atoms with Crippen molar-refractivity contribution in [3.8, 4) is 16.9 Å². The van der Waals surface area contributed by atoms with E-state index in [0.717, 1.165) is 33.2 Å². The number of rotatable bonds is 7. The molecule has 0 aliphatic heterocycles. The van der Waals surface area contributed by atoms with Gasteiger partial charge in [-0.2, -0.15) is 5.10 Å². The molecule has 0 bridgehead atoms. The van der Waals surface area contributed by atoms with Gasteiger partial charge >= 0.3 is 5.97 Å². The number of carbonyl (C=O) groups excluding carboxylic acids is 2. The molecule has 5 aromatic rings. The van der Waals surface area contributed by atoms with Crippen LogP contribution in [-0.2, 0) is 0 Å². The lowest BCUT2D eigenvalue weighted by molar-refractivity contribution is -0.384. The molecule has 9 nitrogen and oxygen atoms in total. The van der Waals surface area contributed by atoms with Gasteiger partial charge in [0.1, 0.15) is 11.4 Å². The lowest BCUT2D eigenvalue weighted by Gasteiger charge is -2.08. The number of nitro groups is 1. The fourth-order valence-electron chi connectivity index (χ4n) is 4.54. The zero-order chi connectivity index (χ0) is 29.1. The van der Waals surface area contributed by atoms with Crippen molar-refractivity contribution in [2.45, 2.75) is 13.8 Å². The molecular formula is C31H23BrN4O5. The zero-order valence-electron chi connectivity index (χ0n) is 22.0. The number of H-pyrrole nitrogens is 1. The summed E-state index contributed by atoms with van der Waals surface area (Å²) in [5.74, 6) is -0.943. The number of amides is 1. The number of non-ortho nitro benzene ring substituents is 1. The van der Waals surface area contributed by atoms with E-state index in [4.69, 9.17) is 4.74 Å². The maximum atomic E-state index is 13.4. The summed E-state index contributed by atoms with van der Waals surface area (Å²) in [7, 11) is 0. The first-order chi connectivity index (χ1) is 19.7. The largest absolute Gasteiger partial charge is 0.422 e. The quantitative estimate of drug-likeness (QED) is 0.0667. The second-order valence-electron chi connectivity index (χ2n) is 9.32. The predicted octanol–water partition coefficient (Wildman–Crippen LogP) is 7.11. The Morgan fingerprint density at radius 3 is 2.44 bits per heavy atom. The Kier molecular flexibility index (Phi) is 7.75. The molecule has 0 spiro atoms. The highest BCUT2D eigenvalue weighted by Gasteiger charge is 2.20. The number of aromatic amines is 1.